The second kappa shape index (κ2) is 3.17. The van der Waals surface area contributed by atoms with E-state index in [0.29, 0.717) is 12.8 Å². The van der Waals surface area contributed by atoms with E-state index in [1.165, 1.54) is 0 Å². The second-order valence-electron chi connectivity index (χ2n) is 5.94. The van der Waals surface area contributed by atoms with Crippen LogP contribution >= 0.6 is 0 Å². The summed E-state index contributed by atoms with van der Waals surface area (Å²) in [4.78, 5) is 11.6. The fraction of sp³-hybridized carbons (Fsp3) is 0.769. The van der Waals surface area contributed by atoms with Gasteiger partial charge in [-0.05, 0) is 13.8 Å². The van der Waals surface area contributed by atoms with Crippen molar-refractivity contribution in [1.82, 2.24) is 0 Å². The highest BCUT2D eigenvalue weighted by Crippen LogP contribution is 2.65. The summed E-state index contributed by atoms with van der Waals surface area (Å²) in [6.07, 6.45) is 4.26. The third-order valence-electron chi connectivity index (χ3n) is 3.92. The monoisotopic (exact) mass is 224 g/mol. The fourth-order valence-corrected chi connectivity index (χ4v) is 3.12. The number of carbonyl (C=O) groups excluding carboxylic acids is 1. The number of aliphatic hydroxyl groups excluding tert-OH is 1. The first-order valence-electron chi connectivity index (χ1n) is 5.82. The van der Waals surface area contributed by atoms with Crippen molar-refractivity contribution in [3.05, 3.63) is 12.2 Å². The lowest BCUT2D eigenvalue weighted by atomic mass is 9.63. The van der Waals surface area contributed by atoms with E-state index in [4.69, 9.17) is 4.74 Å². The Labute approximate surface area is 96.5 Å². The van der Waals surface area contributed by atoms with Crippen molar-refractivity contribution in [2.75, 3.05) is 0 Å². The quantitative estimate of drug-likeness (QED) is 0.575. The smallest absolute Gasteiger partial charge is 0.136 e. The normalized spacial score (nSPS) is 43.2. The minimum absolute atomic E-state index is 0.192. The zero-order chi connectivity index (χ0) is 12.2. The average molecular weight is 224 g/mol. The van der Waals surface area contributed by atoms with Crippen LogP contribution in [0.5, 0.6) is 0 Å². The summed E-state index contributed by atoms with van der Waals surface area (Å²) >= 11 is 0. The second-order valence-corrected chi connectivity index (χ2v) is 5.94. The molecular weight excluding hydrogens is 204 g/mol. The molecule has 0 amide bonds. The predicted octanol–water partition coefficient (Wildman–Crippen LogP) is 1.84. The first-order chi connectivity index (χ1) is 7.22. The van der Waals surface area contributed by atoms with Crippen molar-refractivity contribution in [3.63, 3.8) is 0 Å². The summed E-state index contributed by atoms with van der Waals surface area (Å²) in [6, 6.07) is 0. The van der Waals surface area contributed by atoms with Crippen LogP contribution in [-0.4, -0.2) is 28.2 Å². The first kappa shape index (κ1) is 11.8. The van der Waals surface area contributed by atoms with Crippen molar-refractivity contribution in [2.45, 2.75) is 57.8 Å². The van der Waals surface area contributed by atoms with Crippen molar-refractivity contribution < 1.29 is 14.6 Å². The molecule has 1 saturated heterocycles. The highest BCUT2D eigenvalue weighted by molar-refractivity contribution is 5.83. The van der Waals surface area contributed by atoms with Gasteiger partial charge >= 0.3 is 0 Å². The van der Waals surface area contributed by atoms with Gasteiger partial charge in [0.1, 0.15) is 17.0 Å². The van der Waals surface area contributed by atoms with Gasteiger partial charge < -0.3 is 9.84 Å². The molecule has 1 saturated carbocycles. The molecule has 0 bridgehead atoms. The first-order valence-corrected chi connectivity index (χ1v) is 5.82. The SMILES string of the molecule is C[C@@H](O)/C=C/[C@]12O[C@@]1(C)CC(=O)CC2(C)C. The van der Waals surface area contributed by atoms with Gasteiger partial charge in [-0.2, -0.15) is 0 Å². The molecule has 1 aliphatic heterocycles. The summed E-state index contributed by atoms with van der Waals surface area (Å²) < 4.78 is 5.87. The highest BCUT2D eigenvalue weighted by atomic mass is 16.6. The van der Waals surface area contributed by atoms with E-state index in [9.17, 15) is 9.90 Å². The summed E-state index contributed by atoms with van der Waals surface area (Å²) in [6.45, 7) is 7.81. The Hall–Kier alpha value is -0.670. The molecule has 3 atom stereocenters. The molecule has 0 aromatic rings. The van der Waals surface area contributed by atoms with Crippen LogP contribution in [0.2, 0.25) is 0 Å². The van der Waals surface area contributed by atoms with Gasteiger partial charge in [0.15, 0.2) is 0 Å². The molecule has 0 aromatic carbocycles. The van der Waals surface area contributed by atoms with Gasteiger partial charge in [-0.3, -0.25) is 4.79 Å². The molecule has 16 heavy (non-hydrogen) atoms. The van der Waals surface area contributed by atoms with Crippen molar-refractivity contribution in [1.29, 1.82) is 0 Å². The zero-order valence-electron chi connectivity index (χ0n) is 10.4. The van der Waals surface area contributed by atoms with E-state index in [-0.39, 0.29) is 22.4 Å². The number of Topliss-reactive ketones (excluding diaryl/α,β-unsaturated/α-hetero) is 1. The maximum atomic E-state index is 11.6. The lowest BCUT2D eigenvalue weighted by molar-refractivity contribution is -0.123. The molecular formula is C13H20O3. The van der Waals surface area contributed by atoms with E-state index in [0.717, 1.165) is 0 Å². The Morgan fingerprint density at radius 1 is 1.38 bits per heavy atom. The number of rotatable bonds is 2. The van der Waals surface area contributed by atoms with Crippen molar-refractivity contribution >= 4 is 5.78 Å². The van der Waals surface area contributed by atoms with Crippen LogP contribution in [0.25, 0.3) is 0 Å². The van der Waals surface area contributed by atoms with E-state index in [1.54, 1.807) is 13.0 Å². The summed E-state index contributed by atoms with van der Waals surface area (Å²) in [7, 11) is 0. The predicted molar refractivity (Wildman–Crippen MR) is 61.1 cm³/mol. The molecule has 1 heterocycles. The zero-order valence-corrected chi connectivity index (χ0v) is 10.4. The molecule has 3 heteroatoms. The van der Waals surface area contributed by atoms with Crippen LogP contribution in [-0.2, 0) is 9.53 Å². The Bertz CT molecular complexity index is 356. The molecule has 3 nitrogen and oxygen atoms in total. The maximum Gasteiger partial charge on any atom is 0.136 e. The van der Waals surface area contributed by atoms with Crippen LogP contribution in [0.4, 0.5) is 0 Å². The molecule has 90 valence electrons. The lowest BCUT2D eigenvalue weighted by Gasteiger charge is -2.35. The molecule has 0 spiro atoms. The van der Waals surface area contributed by atoms with Gasteiger partial charge in [-0.15, -0.1) is 0 Å². The third-order valence-corrected chi connectivity index (χ3v) is 3.92. The van der Waals surface area contributed by atoms with Gasteiger partial charge in [-0.1, -0.05) is 26.0 Å². The van der Waals surface area contributed by atoms with Gasteiger partial charge in [0.2, 0.25) is 0 Å². The number of ether oxygens (including phenoxy) is 1. The Morgan fingerprint density at radius 2 is 2.00 bits per heavy atom. The largest absolute Gasteiger partial charge is 0.389 e. The third kappa shape index (κ3) is 1.45. The summed E-state index contributed by atoms with van der Waals surface area (Å²) in [5, 5.41) is 9.31. The lowest BCUT2D eigenvalue weighted by Crippen LogP contribution is -2.44. The highest BCUT2D eigenvalue weighted by Gasteiger charge is 2.74. The topological polar surface area (TPSA) is 49.8 Å². The summed E-state index contributed by atoms with van der Waals surface area (Å²) in [5.74, 6) is 0.270. The Balaban J connectivity index is 2.31. The maximum absolute atomic E-state index is 11.6. The molecule has 0 radical (unpaired) electrons. The molecule has 1 aliphatic carbocycles. The van der Waals surface area contributed by atoms with Crippen LogP contribution in [0.1, 0.15) is 40.5 Å². The van der Waals surface area contributed by atoms with Gasteiger partial charge in [0, 0.05) is 18.3 Å². The molecule has 0 unspecified atom stereocenters. The molecule has 1 N–H and O–H groups in total. The number of carbonyl (C=O) groups is 1. The Morgan fingerprint density at radius 3 is 2.50 bits per heavy atom. The van der Waals surface area contributed by atoms with Crippen LogP contribution in [0.3, 0.4) is 0 Å². The van der Waals surface area contributed by atoms with Gasteiger partial charge in [0.25, 0.3) is 0 Å². The van der Waals surface area contributed by atoms with Gasteiger partial charge in [0.05, 0.1) is 6.10 Å². The number of epoxide rings is 1. The average Bonchev–Trinajstić information content (AvgIpc) is 2.67. The number of fused-ring (bicyclic) bond motifs is 1. The number of hydrogen-bond donors (Lipinski definition) is 1. The van der Waals surface area contributed by atoms with E-state index in [2.05, 4.69) is 13.8 Å². The van der Waals surface area contributed by atoms with Crippen molar-refractivity contribution in [2.24, 2.45) is 5.41 Å². The summed E-state index contributed by atoms with van der Waals surface area (Å²) in [5.41, 5.74) is -0.926. The number of aliphatic hydroxyl groups is 1. The Kier molecular flexibility index (Phi) is 2.34. The van der Waals surface area contributed by atoms with Crippen LogP contribution < -0.4 is 0 Å². The minimum atomic E-state index is -0.476. The number of hydrogen-bond acceptors (Lipinski definition) is 3. The standard InChI is InChI=1S/C13H20O3/c1-9(14)5-6-13-11(2,3)7-10(15)8-12(13,4)16-13/h5-6,9,14H,7-8H2,1-4H3/b6-5+/t9-,12+,13-/m1/s1. The molecule has 2 fully saturated rings. The molecule has 0 aromatic heterocycles. The van der Waals surface area contributed by atoms with Crippen molar-refractivity contribution in [3.8, 4) is 0 Å². The van der Waals surface area contributed by atoms with Crippen LogP contribution in [0, 0.1) is 5.41 Å². The molecule has 2 rings (SSSR count). The van der Waals surface area contributed by atoms with Gasteiger partial charge in [-0.25, -0.2) is 0 Å². The fourth-order valence-electron chi connectivity index (χ4n) is 3.12. The molecule has 2 aliphatic rings. The minimum Gasteiger partial charge on any atom is -0.389 e. The van der Waals surface area contributed by atoms with Crippen LogP contribution in [0.15, 0.2) is 12.2 Å². The number of ketones is 1. The van der Waals surface area contributed by atoms with E-state index < -0.39 is 6.10 Å². The van der Waals surface area contributed by atoms with E-state index in [1.807, 2.05) is 13.0 Å². The van der Waals surface area contributed by atoms with E-state index >= 15 is 0 Å².